The molecule has 0 radical (unpaired) electrons. The van der Waals surface area contributed by atoms with Gasteiger partial charge in [0.25, 0.3) is 0 Å². The standard InChI is InChI=1S/C18H30N4O/c1-15-8-11-22(12-9-15)18(19-2)21-14-16-4-6-17(7-5-16)20-10-13-23-3/h4-7,15,20H,8-14H2,1-3H3,(H,19,21). The van der Waals surface area contributed by atoms with Crippen LogP contribution < -0.4 is 10.6 Å². The van der Waals surface area contributed by atoms with Gasteiger partial charge >= 0.3 is 0 Å². The van der Waals surface area contributed by atoms with Crippen molar-refractivity contribution in [3.63, 3.8) is 0 Å². The molecule has 1 aliphatic rings. The first kappa shape index (κ1) is 17.6. The number of likely N-dealkylation sites (tertiary alicyclic amines) is 1. The highest BCUT2D eigenvalue weighted by atomic mass is 16.5. The Morgan fingerprint density at radius 2 is 1.96 bits per heavy atom. The monoisotopic (exact) mass is 318 g/mol. The van der Waals surface area contributed by atoms with Crippen LogP contribution in [0.3, 0.4) is 0 Å². The molecule has 1 saturated heterocycles. The van der Waals surface area contributed by atoms with E-state index >= 15 is 0 Å². The van der Waals surface area contributed by atoms with Crippen molar-refractivity contribution in [2.75, 3.05) is 45.7 Å². The highest BCUT2D eigenvalue weighted by Gasteiger charge is 2.18. The Morgan fingerprint density at radius 3 is 2.57 bits per heavy atom. The molecule has 0 spiro atoms. The largest absolute Gasteiger partial charge is 0.383 e. The minimum absolute atomic E-state index is 0.716. The average Bonchev–Trinajstić information content (AvgIpc) is 2.58. The minimum Gasteiger partial charge on any atom is -0.383 e. The first-order valence-electron chi connectivity index (χ1n) is 8.50. The van der Waals surface area contributed by atoms with Gasteiger partial charge in [0.05, 0.1) is 6.61 Å². The Labute approximate surface area is 140 Å². The Balaban J connectivity index is 1.79. The number of ether oxygens (including phenoxy) is 1. The van der Waals surface area contributed by atoms with E-state index in [1.807, 2.05) is 7.05 Å². The second-order valence-corrected chi connectivity index (χ2v) is 6.19. The molecule has 0 bridgehead atoms. The van der Waals surface area contributed by atoms with Crippen molar-refractivity contribution in [3.8, 4) is 0 Å². The number of methoxy groups -OCH3 is 1. The third-order valence-electron chi connectivity index (χ3n) is 4.33. The molecule has 1 aromatic carbocycles. The number of nitrogens with zero attached hydrogens (tertiary/aromatic N) is 2. The molecule has 2 N–H and O–H groups in total. The number of aliphatic imine (C=N–C) groups is 1. The van der Waals surface area contributed by atoms with Crippen LogP contribution in [0.15, 0.2) is 29.3 Å². The molecule has 5 heteroatoms. The van der Waals surface area contributed by atoms with E-state index in [4.69, 9.17) is 4.74 Å². The van der Waals surface area contributed by atoms with Crippen molar-refractivity contribution in [1.82, 2.24) is 10.2 Å². The first-order chi connectivity index (χ1) is 11.2. The lowest BCUT2D eigenvalue weighted by atomic mass is 9.99. The minimum atomic E-state index is 0.716. The van der Waals surface area contributed by atoms with Gasteiger partial charge in [-0.05, 0) is 36.5 Å². The van der Waals surface area contributed by atoms with Gasteiger partial charge in [-0.15, -0.1) is 0 Å². The fourth-order valence-corrected chi connectivity index (χ4v) is 2.77. The summed E-state index contributed by atoms with van der Waals surface area (Å²) >= 11 is 0. The van der Waals surface area contributed by atoms with Crippen LogP contribution in [0.1, 0.15) is 25.3 Å². The number of guanidine groups is 1. The number of hydrogen-bond acceptors (Lipinski definition) is 3. The highest BCUT2D eigenvalue weighted by Crippen LogP contribution is 2.16. The number of nitrogens with one attached hydrogen (secondary N) is 2. The number of rotatable bonds is 6. The topological polar surface area (TPSA) is 48.9 Å². The van der Waals surface area contributed by atoms with Crippen molar-refractivity contribution in [1.29, 1.82) is 0 Å². The van der Waals surface area contributed by atoms with E-state index in [1.54, 1.807) is 7.11 Å². The van der Waals surface area contributed by atoms with Gasteiger partial charge in [0.15, 0.2) is 5.96 Å². The molecule has 0 saturated carbocycles. The fourth-order valence-electron chi connectivity index (χ4n) is 2.77. The van der Waals surface area contributed by atoms with Crippen molar-refractivity contribution < 1.29 is 4.74 Å². The second-order valence-electron chi connectivity index (χ2n) is 6.19. The zero-order chi connectivity index (χ0) is 16.5. The molecular formula is C18H30N4O. The van der Waals surface area contributed by atoms with Gasteiger partial charge in [0.1, 0.15) is 0 Å². The number of hydrogen-bond donors (Lipinski definition) is 2. The Bertz CT molecular complexity index is 478. The molecule has 5 nitrogen and oxygen atoms in total. The van der Waals surface area contributed by atoms with E-state index < -0.39 is 0 Å². The first-order valence-corrected chi connectivity index (χ1v) is 8.50. The summed E-state index contributed by atoms with van der Waals surface area (Å²) in [5, 5.41) is 6.80. The summed E-state index contributed by atoms with van der Waals surface area (Å²) in [6, 6.07) is 8.51. The third-order valence-corrected chi connectivity index (χ3v) is 4.33. The van der Waals surface area contributed by atoms with Gasteiger partial charge in [0, 0.05) is 46.0 Å². The lowest BCUT2D eigenvalue weighted by Crippen LogP contribution is -2.45. The van der Waals surface area contributed by atoms with Crippen LogP contribution in [-0.2, 0) is 11.3 Å². The quantitative estimate of drug-likeness (QED) is 0.481. The van der Waals surface area contributed by atoms with Gasteiger partial charge in [-0.25, -0.2) is 0 Å². The molecule has 128 valence electrons. The van der Waals surface area contributed by atoms with Crippen LogP contribution in [0.5, 0.6) is 0 Å². The normalized spacial score (nSPS) is 16.5. The van der Waals surface area contributed by atoms with Gasteiger partial charge in [-0.3, -0.25) is 4.99 Å². The Hall–Kier alpha value is -1.75. The Kier molecular flexibility index (Phi) is 7.20. The number of benzene rings is 1. The molecule has 0 aromatic heterocycles. The predicted octanol–water partition coefficient (Wildman–Crippen LogP) is 2.55. The van der Waals surface area contributed by atoms with Gasteiger partial charge in [0.2, 0.25) is 0 Å². The van der Waals surface area contributed by atoms with Crippen LogP contribution >= 0.6 is 0 Å². The summed E-state index contributed by atoms with van der Waals surface area (Å²) < 4.78 is 5.04. The number of anilines is 1. The third kappa shape index (κ3) is 5.75. The molecule has 0 aliphatic carbocycles. The summed E-state index contributed by atoms with van der Waals surface area (Å²) in [7, 11) is 3.58. The van der Waals surface area contributed by atoms with Crippen LogP contribution in [0.25, 0.3) is 0 Å². The summed E-state index contributed by atoms with van der Waals surface area (Å²) in [5.74, 6) is 1.85. The van der Waals surface area contributed by atoms with E-state index in [1.165, 1.54) is 18.4 Å². The van der Waals surface area contributed by atoms with E-state index in [9.17, 15) is 0 Å². The molecule has 0 atom stereocenters. The van der Waals surface area contributed by atoms with Crippen molar-refractivity contribution in [2.24, 2.45) is 10.9 Å². The summed E-state index contributed by atoms with van der Waals surface area (Å²) in [6.07, 6.45) is 2.51. The summed E-state index contributed by atoms with van der Waals surface area (Å²) in [4.78, 5) is 6.79. The SMILES string of the molecule is CN=C(NCc1ccc(NCCOC)cc1)N1CCC(C)CC1. The average molecular weight is 318 g/mol. The lowest BCUT2D eigenvalue weighted by molar-refractivity contribution is 0.211. The van der Waals surface area contributed by atoms with Crippen LogP contribution in [0.4, 0.5) is 5.69 Å². The lowest BCUT2D eigenvalue weighted by Gasteiger charge is -2.32. The number of piperidine rings is 1. The van der Waals surface area contributed by atoms with Gasteiger partial charge in [-0.2, -0.15) is 0 Å². The highest BCUT2D eigenvalue weighted by molar-refractivity contribution is 5.79. The smallest absolute Gasteiger partial charge is 0.193 e. The van der Waals surface area contributed by atoms with Crippen LogP contribution in [0.2, 0.25) is 0 Å². The van der Waals surface area contributed by atoms with Crippen LogP contribution in [0, 0.1) is 5.92 Å². The van der Waals surface area contributed by atoms with E-state index in [0.717, 1.165) is 43.7 Å². The summed E-state index contributed by atoms with van der Waals surface area (Å²) in [6.45, 7) is 6.88. The molecule has 1 fully saturated rings. The van der Waals surface area contributed by atoms with Gasteiger partial charge < -0.3 is 20.3 Å². The molecule has 1 heterocycles. The molecule has 1 aromatic rings. The van der Waals surface area contributed by atoms with Crippen LogP contribution in [-0.4, -0.2) is 51.3 Å². The maximum absolute atomic E-state index is 5.04. The zero-order valence-electron chi connectivity index (χ0n) is 14.6. The molecule has 2 rings (SSSR count). The molecule has 0 amide bonds. The van der Waals surface area contributed by atoms with Crippen molar-refractivity contribution in [3.05, 3.63) is 29.8 Å². The molecule has 0 unspecified atom stereocenters. The fraction of sp³-hybridized carbons (Fsp3) is 0.611. The van der Waals surface area contributed by atoms with E-state index in [-0.39, 0.29) is 0 Å². The second kappa shape index (κ2) is 9.40. The van der Waals surface area contributed by atoms with Crippen molar-refractivity contribution >= 4 is 11.6 Å². The molecule has 23 heavy (non-hydrogen) atoms. The molecule has 1 aliphatic heterocycles. The van der Waals surface area contributed by atoms with E-state index in [2.05, 4.69) is 51.7 Å². The molecular weight excluding hydrogens is 288 g/mol. The van der Waals surface area contributed by atoms with Crippen molar-refractivity contribution in [2.45, 2.75) is 26.3 Å². The maximum atomic E-state index is 5.04. The van der Waals surface area contributed by atoms with Gasteiger partial charge in [-0.1, -0.05) is 19.1 Å². The zero-order valence-corrected chi connectivity index (χ0v) is 14.6. The maximum Gasteiger partial charge on any atom is 0.193 e. The predicted molar refractivity (Wildman–Crippen MR) is 97.0 cm³/mol. The Morgan fingerprint density at radius 1 is 1.26 bits per heavy atom. The summed E-state index contributed by atoms with van der Waals surface area (Å²) in [5.41, 5.74) is 2.38. The van der Waals surface area contributed by atoms with E-state index in [0.29, 0.717) is 6.61 Å².